The van der Waals surface area contributed by atoms with E-state index in [9.17, 15) is 4.79 Å². The number of oxime groups is 1. The molecule has 0 atom stereocenters. The summed E-state index contributed by atoms with van der Waals surface area (Å²) in [6, 6.07) is 4.95. The van der Waals surface area contributed by atoms with Crippen LogP contribution in [-0.2, 0) is 6.54 Å². The van der Waals surface area contributed by atoms with Crippen molar-refractivity contribution in [3.63, 3.8) is 0 Å². The van der Waals surface area contributed by atoms with Gasteiger partial charge in [-0.15, -0.1) is 0 Å². The van der Waals surface area contributed by atoms with Gasteiger partial charge in [0.15, 0.2) is 5.84 Å². The molecule has 1 amide bonds. The highest BCUT2D eigenvalue weighted by molar-refractivity contribution is 5.98. The van der Waals surface area contributed by atoms with E-state index >= 15 is 0 Å². The molecular formula is C13H16N6O2. The third-order valence-corrected chi connectivity index (χ3v) is 2.81. The first-order chi connectivity index (χ1) is 10.2. The van der Waals surface area contributed by atoms with E-state index < -0.39 is 0 Å². The number of carbonyl (C=O) groups excluding carboxylic acids is 1. The zero-order valence-electron chi connectivity index (χ0n) is 11.3. The molecule has 0 radical (unpaired) electrons. The summed E-state index contributed by atoms with van der Waals surface area (Å²) in [5, 5.41) is 18.2. The predicted molar refractivity (Wildman–Crippen MR) is 75.9 cm³/mol. The zero-order chi connectivity index (χ0) is 15.1. The maximum atomic E-state index is 11.8. The number of nitrogens with zero attached hydrogens (tertiary/aromatic N) is 4. The Morgan fingerprint density at radius 3 is 2.95 bits per heavy atom. The average Bonchev–Trinajstić information content (AvgIpc) is 3.04. The summed E-state index contributed by atoms with van der Waals surface area (Å²) in [6.45, 7) is 1.27. The molecular weight excluding hydrogens is 272 g/mol. The normalized spacial score (nSPS) is 11.3. The Morgan fingerprint density at radius 1 is 1.48 bits per heavy atom. The third kappa shape index (κ3) is 4.03. The van der Waals surface area contributed by atoms with Crippen LogP contribution >= 0.6 is 0 Å². The molecule has 0 aliphatic carbocycles. The number of nitrogens with one attached hydrogen (secondary N) is 1. The highest BCUT2D eigenvalue weighted by atomic mass is 16.4. The van der Waals surface area contributed by atoms with Crippen molar-refractivity contribution in [1.82, 2.24) is 20.1 Å². The first-order valence-electron chi connectivity index (χ1n) is 6.40. The van der Waals surface area contributed by atoms with Crippen LogP contribution in [0.3, 0.4) is 0 Å². The molecule has 2 rings (SSSR count). The summed E-state index contributed by atoms with van der Waals surface area (Å²) in [5.41, 5.74) is 6.15. The van der Waals surface area contributed by atoms with Gasteiger partial charge in [-0.2, -0.15) is 5.10 Å². The van der Waals surface area contributed by atoms with Crippen molar-refractivity contribution < 1.29 is 10.0 Å². The molecule has 0 saturated carbocycles. The van der Waals surface area contributed by atoms with Crippen LogP contribution in [0, 0.1) is 0 Å². The minimum Gasteiger partial charge on any atom is -0.409 e. The Labute approximate surface area is 121 Å². The van der Waals surface area contributed by atoms with E-state index in [1.165, 1.54) is 12.3 Å². The van der Waals surface area contributed by atoms with Crippen LogP contribution in [0.1, 0.15) is 22.5 Å². The summed E-state index contributed by atoms with van der Waals surface area (Å²) < 4.78 is 1.80. The number of rotatable bonds is 6. The molecule has 2 heterocycles. The number of pyridine rings is 1. The van der Waals surface area contributed by atoms with Crippen molar-refractivity contribution in [3.05, 3.63) is 48.0 Å². The van der Waals surface area contributed by atoms with Gasteiger partial charge >= 0.3 is 0 Å². The van der Waals surface area contributed by atoms with Gasteiger partial charge in [-0.25, -0.2) is 0 Å². The number of hydrogen-bond donors (Lipinski definition) is 3. The second-order valence-corrected chi connectivity index (χ2v) is 4.30. The van der Waals surface area contributed by atoms with Crippen LogP contribution in [-0.4, -0.2) is 38.3 Å². The molecule has 0 aromatic carbocycles. The Kier molecular flexibility index (Phi) is 4.86. The second kappa shape index (κ2) is 7.04. The van der Waals surface area contributed by atoms with Gasteiger partial charge in [0.2, 0.25) is 0 Å². The van der Waals surface area contributed by atoms with E-state index in [-0.39, 0.29) is 17.4 Å². The molecule has 0 saturated heterocycles. The fourth-order valence-electron chi connectivity index (χ4n) is 1.70. The standard InChI is InChI=1S/C13H16N6O2/c14-12(18-21)10-3-4-11(16-9-10)13(20)15-5-1-7-19-8-2-6-17-19/h2-4,6,8-9,21H,1,5,7H2,(H2,14,18)(H,15,20). The molecule has 8 heteroatoms. The fraction of sp³-hybridized carbons (Fsp3) is 0.231. The Bertz CT molecular complexity index is 606. The largest absolute Gasteiger partial charge is 0.409 e. The van der Waals surface area contributed by atoms with Crippen molar-refractivity contribution in [2.75, 3.05) is 6.54 Å². The highest BCUT2D eigenvalue weighted by Crippen LogP contribution is 2.00. The summed E-state index contributed by atoms with van der Waals surface area (Å²) >= 11 is 0. The van der Waals surface area contributed by atoms with E-state index in [0.717, 1.165) is 13.0 Å². The minimum absolute atomic E-state index is 0.0475. The third-order valence-electron chi connectivity index (χ3n) is 2.81. The monoisotopic (exact) mass is 288 g/mol. The van der Waals surface area contributed by atoms with Crippen molar-refractivity contribution in [3.8, 4) is 0 Å². The van der Waals surface area contributed by atoms with Crippen molar-refractivity contribution >= 4 is 11.7 Å². The molecule has 0 bridgehead atoms. The lowest BCUT2D eigenvalue weighted by atomic mass is 10.2. The van der Waals surface area contributed by atoms with Gasteiger partial charge in [0.25, 0.3) is 5.91 Å². The zero-order valence-corrected chi connectivity index (χ0v) is 11.3. The maximum Gasteiger partial charge on any atom is 0.269 e. The van der Waals surface area contributed by atoms with E-state index in [1.54, 1.807) is 16.9 Å². The Hall–Kier alpha value is -2.90. The Morgan fingerprint density at radius 2 is 2.33 bits per heavy atom. The minimum atomic E-state index is -0.262. The van der Waals surface area contributed by atoms with Gasteiger partial charge in [-0.1, -0.05) is 5.16 Å². The quantitative estimate of drug-likeness (QED) is 0.230. The molecule has 0 spiro atoms. The number of amidine groups is 1. The molecule has 0 unspecified atom stereocenters. The lowest BCUT2D eigenvalue weighted by Gasteiger charge is -2.05. The number of amides is 1. The molecule has 2 aromatic heterocycles. The molecule has 110 valence electrons. The van der Waals surface area contributed by atoms with Crippen molar-refractivity contribution in [1.29, 1.82) is 0 Å². The topological polar surface area (TPSA) is 118 Å². The Balaban J connectivity index is 1.80. The maximum absolute atomic E-state index is 11.8. The number of aryl methyl sites for hydroxylation is 1. The molecule has 21 heavy (non-hydrogen) atoms. The first kappa shape index (κ1) is 14.5. The van der Waals surface area contributed by atoms with Crippen LogP contribution < -0.4 is 11.1 Å². The van der Waals surface area contributed by atoms with Gasteiger partial charge in [-0.05, 0) is 24.6 Å². The molecule has 0 aliphatic heterocycles. The number of carbonyl (C=O) groups is 1. The van der Waals surface area contributed by atoms with E-state index in [0.29, 0.717) is 12.1 Å². The van der Waals surface area contributed by atoms with Crippen LogP contribution in [0.15, 0.2) is 41.9 Å². The van der Waals surface area contributed by atoms with Crippen LogP contribution in [0.2, 0.25) is 0 Å². The molecule has 2 aromatic rings. The second-order valence-electron chi connectivity index (χ2n) is 4.30. The van der Waals surface area contributed by atoms with Gasteiger partial charge in [0.1, 0.15) is 5.69 Å². The molecule has 8 nitrogen and oxygen atoms in total. The van der Waals surface area contributed by atoms with Gasteiger partial charge in [0.05, 0.1) is 0 Å². The lowest BCUT2D eigenvalue weighted by Crippen LogP contribution is -2.26. The number of aromatic nitrogens is 3. The van der Waals surface area contributed by atoms with Gasteiger partial charge in [-0.3, -0.25) is 14.5 Å². The summed E-state index contributed by atoms with van der Waals surface area (Å²) in [7, 11) is 0. The van der Waals surface area contributed by atoms with Crippen molar-refractivity contribution in [2.45, 2.75) is 13.0 Å². The van der Waals surface area contributed by atoms with Gasteiger partial charge in [0, 0.05) is 37.2 Å². The molecule has 4 N–H and O–H groups in total. The first-order valence-corrected chi connectivity index (χ1v) is 6.40. The predicted octanol–water partition coefficient (Wildman–Crippen LogP) is 0.193. The SMILES string of the molecule is N/C(=N/O)c1ccc(C(=O)NCCCn2cccn2)nc1. The summed E-state index contributed by atoms with van der Waals surface area (Å²) in [6.07, 6.45) is 5.74. The van der Waals surface area contributed by atoms with E-state index in [1.807, 2.05) is 12.3 Å². The number of nitrogens with two attached hydrogens (primary N) is 1. The summed E-state index contributed by atoms with van der Waals surface area (Å²) in [5.74, 6) is -0.310. The van der Waals surface area contributed by atoms with Crippen LogP contribution in [0.25, 0.3) is 0 Å². The van der Waals surface area contributed by atoms with Crippen molar-refractivity contribution in [2.24, 2.45) is 10.9 Å². The highest BCUT2D eigenvalue weighted by Gasteiger charge is 2.07. The van der Waals surface area contributed by atoms with Gasteiger partial charge < -0.3 is 16.3 Å². The van der Waals surface area contributed by atoms with Crippen LogP contribution in [0.5, 0.6) is 0 Å². The fourth-order valence-corrected chi connectivity index (χ4v) is 1.70. The lowest BCUT2D eigenvalue weighted by molar-refractivity contribution is 0.0947. The van der Waals surface area contributed by atoms with Crippen LogP contribution in [0.4, 0.5) is 0 Å². The smallest absolute Gasteiger partial charge is 0.269 e. The summed E-state index contributed by atoms with van der Waals surface area (Å²) in [4.78, 5) is 15.8. The molecule has 0 fully saturated rings. The van der Waals surface area contributed by atoms with E-state index in [2.05, 4.69) is 20.6 Å². The van der Waals surface area contributed by atoms with E-state index in [4.69, 9.17) is 10.9 Å². The number of hydrogen-bond acceptors (Lipinski definition) is 5. The average molecular weight is 288 g/mol. The molecule has 0 aliphatic rings.